The number of carboxylic acids is 1. The summed E-state index contributed by atoms with van der Waals surface area (Å²) < 4.78 is 27.3. The number of methoxy groups -OCH3 is 2. The maximum atomic E-state index is 13.0. The minimum atomic E-state index is -1.23. The zero-order valence-electron chi connectivity index (χ0n) is 18.2. The fourth-order valence-corrected chi connectivity index (χ4v) is 2.87. The van der Waals surface area contributed by atoms with Gasteiger partial charge >= 0.3 is 5.97 Å². The van der Waals surface area contributed by atoms with Gasteiger partial charge in [-0.05, 0) is 32.9 Å². The van der Waals surface area contributed by atoms with Crippen LogP contribution in [0.3, 0.4) is 0 Å². The Morgan fingerprint density at radius 1 is 0.806 bits per heavy atom. The number of aromatic carboxylic acids is 1. The molecule has 31 heavy (non-hydrogen) atoms. The average molecular weight is 433 g/mol. The van der Waals surface area contributed by atoms with Crippen LogP contribution < -0.4 is 29.0 Å². The quantitative estimate of drug-likeness (QED) is 0.549. The van der Waals surface area contributed by atoms with Gasteiger partial charge in [-0.2, -0.15) is 0 Å². The summed E-state index contributed by atoms with van der Waals surface area (Å²) in [7, 11) is 2.81. The number of benzene rings is 2. The molecule has 0 unspecified atom stereocenters. The first-order chi connectivity index (χ1) is 14.9. The third kappa shape index (κ3) is 5.50. The Balaban J connectivity index is 2.51. The van der Waals surface area contributed by atoms with Gasteiger partial charge < -0.3 is 34.1 Å². The molecule has 0 heterocycles. The smallest absolute Gasteiger partial charge is 0.337 e. The van der Waals surface area contributed by atoms with Crippen molar-refractivity contribution in [2.24, 2.45) is 0 Å². The number of carbonyl (C=O) groups excluding carboxylic acids is 1. The van der Waals surface area contributed by atoms with E-state index in [9.17, 15) is 14.7 Å². The number of hydrogen-bond donors (Lipinski definition) is 2. The van der Waals surface area contributed by atoms with Gasteiger partial charge in [0.15, 0.2) is 23.0 Å². The second kappa shape index (κ2) is 11.0. The van der Waals surface area contributed by atoms with E-state index in [-0.39, 0.29) is 28.3 Å². The number of amides is 1. The third-order valence-electron chi connectivity index (χ3n) is 4.17. The zero-order chi connectivity index (χ0) is 23.0. The van der Waals surface area contributed by atoms with Crippen LogP contribution in [0.15, 0.2) is 24.3 Å². The van der Waals surface area contributed by atoms with Gasteiger partial charge in [-0.25, -0.2) is 4.79 Å². The van der Waals surface area contributed by atoms with E-state index in [1.54, 1.807) is 0 Å². The zero-order valence-corrected chi connectivity index (χ0v) is 18.2. The molecule has 2 N–H and O–H groups in total. The second-order valence-corrected chi connectivity index (χ2v) is 6.11. The molecular formula is C22H27NO8. The van der Waals surface area contributed by atoms with Crippen LogP contribution in [-0.2, 0) is 0 Å². The lowest BCUT2D eigenvalue weighted by molar-refractivity contribution is 0.0697. The lowest BCUT2D eigenvalue weighted by Crippen LogP contribution is -2.16. The molecule has 2 rings (SSSR count). The van der Waals surface area contributed by atoms with Crippen LogP contribution in [-0.4, -0.2) is 51.0 Å². The molecule has 0 spiro atoms. The van der Waals surface area contributed by atoms with E-state index in [4.69, 9.17) is 23.7 Å². The first-order valence-corrected chi connectivity index (χ1v) is 9.77. The van der Waals surface area contributed by atoms with Gasteiger partial charge in [-0.1, -0.05) is 0 Å². The summed E-state index contributed by atoms with van der Waals surface area (Å²) in [6.45, 7) is 6.55. The largest absolute Gasteiger partial charge is 0.493 e. The molecule has 0 aliphatic rings. The molecule has 0 bridgehead atoms. The number of hydrogen-bond acceptors (Lipinski definition) is 7. The molecule has 168 valence electrons. The van der Waals surface area contributed by atoms with Crippen LogP contribution >= 0.6 is 0 Å². The third-order valence-corrected chi connectivity index (χ3v) is 4.17. The van der Waals surface area contributed by atoms with E-state index in [1.807, 2.05) is 20.8 Å². The van der Waals surface area contributed by atoms with Crippen molar-refractivity contribution in [3.8, 4) is 28.7 Å². The standard InChI is InChI=1S/C22H27NO8/c1-6-29-18-9-13(10-19(30-7-2)20(18)31-8-3)21(24)23-15-12-17(28-5)16(27-4)11-14(15)22(25)26/h9-12H,6-8H2,1-5H3,(H,23,24)(H,25,26). The van der Waals surface area contributed by atoms with E-state index in [0.29, 0.717) is 37.1 Å². The van der Waals surface area contributed by atoms with Gasteiger partial charge in [0.2, 0.25) is 5.75 Å². The number of carbonyl (C=O) groups is 2. The highest BCUT2D eigenvalue weighted by Gasteiger charge is 2.22. The van der Waals surface area contributed by atoms with Crippen molar-refractivity contribution < 1.29 is 38.4 Å². The predicted molar refractivity (Wildman–Crippen MR) is 114 cm³/mol. The molecule has 0 atom stereocenters. The number of rotatable bonds is 11. The normalized spacial score (nSPS) is 10.2. The first-order valence-electron chi connectivity index (χ1n) is 9.77. The molecule has 0 fully saturated rings. The van der Waals surface area contributed by atoms with E-state index in [2.05, 4.69) is 5.32 Å². The maximum Gasteiger partial charge on any atom is 0.337 e. The number of ether oxygens (including phenoxy) is 5. The SMILES string of the molecule is CCOc1cc(C(=O)Nc2cc(OC)c(OC)cc2C(=O)O)cc(OCC)c1OCC. The Bertz CT molecular complexity index is 914. The molecule has 0 saturated carbocycles. The minimum Gasteiger partial charge on any atom is -0.493 e. The fourth-order valence-electron chi connectivity index (χ4n) is 2.87. The topological polar surface area (TPSA) is 113 Å². The summed E-state index contributed by atoms with van der Waals surface area (Å²) in [6.07, 6.45) is 0. The summed E-state index contributed by atoms with van der Waals surface area (Å²) in [4.78, 5) is 24.7. The van der Waals surface area contributed by atoms with Gasteiger partial charge in [-0.3, -0.25) is 4.79 Å². The number of anilines is 1. The Labute approximate surface area is 180 Å². The minimum absolute atomic E-state index is 0.0555. The van der Waals surface area contributed by atoms with Gasteiger partial charge in [0.05, 0.1) is 45.3 Å². The van der Waals surface area contributed by atoms with Crippen LogP contribution in [0, 0.1) is 0 Å². The van der Waals surface area contributed by atoms with Crippen molar-refractivity contribution in [3.63, 3.8) is 0 Å². The lowest BCUT2D eigenvalue weighted by atomic mass is 10.1. The number of nitrogens with one attached hydrogen (secondary N) is 1. The van der Waals surface area contributed by atoms with Gasteiger partial charge in [0.1, 0.15) is 0 Å². The molecule has 1 amide bonds. The Morgan fingerprint density at radius 2 is 1.32 bits per heavy atom. The van der Waals surface area contributed by atoms with Crippen molar-refractivity contribution in [2.75, 3.05) is 39.4 Å². The highest BCUT2D eigenvalue weighted by atomic mass is 16.5. The molecule has 0 aliphatic heterocycles. The van der Waals surface area contributed by atoms with Gasteiger partial charge in [0, 0.05) is 17.7 Å². The van der Waals surface area contributed by atoms with Crippen molar-refractivity contribution in [3.05, 3.63) is 35.4 Å². The Morgan fingerprint density at radius 3 is 1.77 bits per heavy atom. The Kier molecular flexibility index (Phi) is 8.36. The van der Waals surface area contributed by atoms with Crippen LogP contribution in [0.4, 0.5) is 5.69 Å². The van der Waals surface area contributed by atoms with Gasteiger partial charge in [-0.15, -0.1) is 0 Å². The van der Waals surface area contributed by atoms with E-state index in [1.165, 1.54) is 38.5 Å². The fraction of sp³-hybridized carbons (Fsp3) is 0.364. The van der Waals surface area contributed by atoms with Gasteiger partial charge in [0.25, 0.3) is 5.91 Å². The summed E-state index contributed by atoms with van der Waals surface area (Å²) in [5, 5.41) is 12.2. The monoisotopic (exact) mass is 433 g/mol. The lowest BCUT2D eigenvalue weighted by Gasteiger charge is -2.18. The molecule has 2 aromatic rings. The molecular weight excluding hydrogens is 406 g/mol. The van der Waals surface area contributed by atoms with Crippen molar-refractivity contribution >= 4 is 17.6 Å². The number of carboxylic acid groups (broad SMARTS) is 1. The summed E-state index contributed by atoms with van der Waals surface area (Å²) in [5.41, 5.74) is 0.119. The van der Waals surface area contributed by atoms with Crippen LogP contribution in [0.2, 0.25) is 0 Å². The Hall–Kier alpha value is -3.62. The average Bonchev–Trinajstić information content (AvgIpc) is 2.75. The van der Waals surface area contributed by atoms with Crippen LogP contribution in [0.5, 0.6) is 28.7 Å². The highest BCUT2D eigenvalue weighted by Crippen LogP contribution is 2.40. The van der Waals surface area contributed by atoms with E-state index in [0.717, 1.165) is 0 Å². The van der Waals surface area contributed by atoms with Crippen LogP contribution in [0.25, 0.3) is 0 Å². The second-order valence-electron chi connectivity index (χ2n) is 6.11. The molecule has 0 aromatic heterocycles. The van der Waals surface area contributed by atoms with Crippen molar-refractivity contribution in [1.29, 1.82) is 0 Å². The molecule has 9 heteroatoms. The summed E-state index contributed by atoms with van der Waals surface area (Å²) >= 11 is 0. The molecule has 0 saturated heterocycles. The summed E-state index contributed by atoms with van der Waals surface area (Å²) in [6, 6.07) is 5.72. The van der Waals surface area contributed by atoms with Crippen molar-refractivity contribution in [2.45, 2.75) is 20.8 Å². The first kappa shape index (κ1) is 23.7. The van der Waals surface area contributed by atoms with Crippen molar-refractivity contribution in [1.82, 2.24) is 0 Å². The molecule has 9 nitrogen and oxygen atoms in total. The highest BCUT2D eigenvalue weighted by molar-refractivity contribution is 6.08. The van der Waals surface area contributed by atoms with E-state index >= 15 is 0 Å². The molecule has 0 aliphatic carbocycles. The maximum absolute atomic E-state index is 13.0. The van der Waals surface area contributed by atoms with Crippen LogP contribution in [0.1, 0.15) is 41.5 Å². The summed E-state index contributed by atoms with van der Waals surface area (Å²) in [5.74, 6) is -0.166. The predicted octanol–water partition coefficient (Wildman–Crippen LogP) is 3.85. The van der Waals surface area contributed by atoms with E-state index < -0.39 is 11.9 Å². The molecule has 2 aromatic carbocycles. The molecule has 0 radical (unpaired) electrons.